The second kappa shape index (κ2) is 7.19. The topological polar surface area (TPSA) is 94.0 Å². The van der Waals surface area contributed by atoms with Crippen molar-refractivity contribution < 1.29 is 4.79 Å². The van der Waals surface area contributed by atoms with Crippen LogP contribution in [-0.2, 0) is 6.42 Å². The zero-order valence-corrected chi connectivity index (χ0v) is 14.0. The zero-order chi connectivity index (χ0) is 17.0. The third kappa shape index (κ3) is 3.65. The van der Waals surface area contributed by atoms with Crippen molar-refractivity contribution in [3.8, 4) is 0 Å². The first-order valence-electron chi connectivity index (χ1n) is 7.38. The first kappa shape index (κ1) is 16.9. The number of rotatable bonds is 5. The van der Waals surface area contributed by atoms with Crippen LogP contribution in [0.25, 0.3) is 0 Å². The van der Waals surface area contributed by atoms with E-state index in [1.165, 1.54) is 0 Å². The highest BCUT2D eigenvalue weighted by Crippen LogP contribution is 2.27. The lowest BCUT2D eigenvalue weighted by Crippen LogP contribution is -2.20. The third-order valence-corrected chi connectivity index (χ3v) is 4.01. The number of anilines is 2. The average molecular weight is 328 g/mol. The SMILES string of the molecule is CCCc1c(C)c(C(N)=O)cc(C(=S)Nc2cccnc2)c1N. The molecule has 0 aliphatic rings. The highest BCUT2D eigenvalue weighted by Gasteiger charge is 2.18. The molecule has 5 N–H and O–H groups in total. The van der Waals surface area contributed by atoms with Gasteiger partial charge < -0.3 is 16.8 Å². The number of pyridine rings is 1. The number of thiocarbonyl (C=S) groups is 1. The van der Waals surface area contributed by atoms with E-state index < -0.39 is 5.91 Å². The minimum absolute atomic E-state index is 0.440. The molecular formula is C17H20N4OS. The van der Waals surface area contributed by atoms with Gasteiger partial charge in [0, 0.05) is 23.0 Å². The minimum Gasteiger partial charge on any atom is -0.398 e. The molecule has 1 heterocycles. The largest absolute Gasteiger partial charge is 0.398 e. The molecule has 1 aromatic carbocycles. The summed E-state index contributed by atoms with van der Waals surface area (Å²) in [6.45, 7) is 3.92. The smallest absolute Gasteiger partial charge is 0.249 e. The predicted octanol–water partition coefficient (Wildman–Crippen LogP) is 2.81. The average Bonchev–Trinajstić information content (AvgIpc) is 2.52. The molecule has 5 nitrogen and oxygen atoms in total. The molecule has 120 valence electrons. The van der Waals surface area contributed by atoms with Crippen LogP contribution in [0.5, 0.6) is 0 Å². The van der Waals surface area contributed by atoms with Crippen LogP contribution < -0.4 is 16.8 Å². The Morgan fingerprint density at radius 1 is 1.39 bits per heavy atom. The van der Waals surface area contributed by atoms with Gasteiger partial charge in [0.2, 0.25) is 5.91 Å². The maximum Gasteiger partial charge on any atom is 0.249 e. The van der Waals surface area contributed by atoms with Crippen molar-refractivity contribution >= 4 is 34.5 Å². The lowest BCUT2D eigenvalue weighted by atomic mass is 9.93. The van der Waals surface area contributed by atoms with Crippen molar-refractivity contribution in [3.63, 3.8) is 0 Å². The summed E-state index contributed by atoms with van der Waals surface area (Å²) in [5, 5.41) is 3.09. The quantitative estimate of drug-likeness (QED) is 0.579. The van der Waals surface area contributed by atoms with Gasteiger partial charge in [-0.15, -0.1) is 0 Å². The number of carbonyl (C=O) groups is 1. The molecule has 2 rings (SSSR count). The Hall–Kier alpha value is -2.47. The van der Waals surface area contributed by atoms with Gasteiger partial charge in [-0.05, 0) is 42.7 Å². The summed E-state index contributed by atoms with van der Waals surface area (Å²) in [6, 6.07) is 5.32. The number of nitrogens with zero attached hydrogens (tertiary/aromatic N) is 1. The predicted molar refractivity (Wildman–Crippen MR) is 97.7 cm³/mol. The molecule has 0 unspecified atom stereocenters. The molecule has 0 atom stereocenters. The number of carbonyl (C=O) groups excluding carboxylic acids is 1. The number of hydrogen-bond acceptors (Lipinski definition) is 4. The molecule has 1 amide bonds. The maximum atomic E-state index is 11.7. The van der Waals surface area contributed by atoms with E-state index in [4.69, 9.17) is 23.7 Å². The number of hydrogen-bond donors (Lipinski definition) is 3. The number of nitrogen functional groups attached to an aromatic ring is 1. The molecule has 0 radical (unpaired) electrons. The Balaban J connectivity index is 2.48. The van der Waals surface area contributed by atoms with Gasteiger partial charge >= 0.3 is 0 Å². The molecule has 0 saturated heterocycles. The van der Waals surface area contributed by atoms with E-state index in [-0.39, 0.29) is 0 Å². The second-order valence-corrected chi connectivity index (χ2v) is 5.71. The number of aromatic nitrogens is 1. The van der Waals surface area contributed by atoms with Crippen molar-refractivity contribution in [2.24, 2.45) is 5.73 Å². The van der Waals surface area contributed by atoms with Crippen molar-refractivity contribution in [2.75, 3.05) is 11.1 Å². The van der Waals surface area contributed by atoms with E-state index >= 15 is 0 Å². The minimum atomic E-state index is -0.481. The van der Waals surface area contributed by atoms with Crippen LogP contribution in [0.4, 0.5) is 11.4 Å². The van der Waals surface area contributed by atoms with Gasteiger partial charge in [0.05, 0.1) is 11.9 Å². The van der Waals surface area contributed by atoms with E-state index in [0.29, 0.717) is 21.8 Å². The molecule has 0 aliphatic heterocycles. The molecule has 0 spiro atoms. The highest BCUT2D eigenvalue weighted by molar-refractivity contribution is 7.81. The number of nitrogens with two attached hydrogens (primary N) is 2. The fourth-order valence-corrected chi connectivity index (χ4v) is 2.80. The Bertz CT molecular complexity index is 744. The molecule has 0 bridgehead atoms. The Kier molecular flexibility index (Phi) is 5.28. The van der Waals surface area contributed by atoms with Gasteiger partial charge in [0.25, 0.3) is 0 Å². The summed E-state index contributed by atoms with van der Waals surface area (Å²) in [5.74, 6) is -0.481. The van der Waals surface area contributed by atoms with Gasteiger partial charge in [-0.3, -0.25) is 9.78 Å². The summed E-state index contributed by atoms with van der Waals surface area (Å²) >= 11 is 5.45. The number of benzene rings is 1. The molecule has 0 saturated carbocycles. The van der Waals surface area contributed by atoms with Crippen LogP contribution in [0.3, 0.4) is 0 Å². The molecule has 0 fully saturated rings. The molecule has 1 aromatic heterocycles. The van der Waals surface area contributed by atoms with Crippen LogP contribution in [0, 0.1) is 6.92 Å². The lowest BCUT2D eigenvalue weighted by molar-refractivity contribution is 0.0999. The first-order chi connectivity index (χ1) is 11.0. The monoisotopic (exact) mass is 328 g/mol. The van der Waals surface area contributed by atoms with E-state index in [1.807, 2.05) is 13.0 Å². The summed E-state index contributed by atoms with van der Waals surface area (Å²) in [4.78, 5) is 16.2. The van der Waals surface area contributed by atoms with Crippen LogP contribution in [0.2, 0.25) is 0 Å². The standard InChI is InChI=1S/C17H20N4OS/c1-3-5-12-10(2)13(16(19)22)8-14(15(12)18)17(23)21-11-6-4-7-20-9-11/h4,6-9H,3,5,18H2,1-2H3,(H2,19,22)(H,21,23). The van der Waals surface area contributed by atoms with Gasteiger partial charge in [-0.2, -0.15) is 0 Å². The zero-order valence-electron chi connectivity index (χ0n) is 13.2. The molecule has 0 aliphatic carbocycles. The maximum absolute atomic E-state index is 11.7. The van der Waals surface area contributed by atoms with Crippen LogP contribution in [-0.4, -0.2) is 15.9 Å². The Morgan fingerprint density at radius 2 is 2.13 bits per heavy atom. The van der Waals surface area contributed by atoms with Gasteiger partial charge in [-0.1, -0.05) is 25.6 Å². The van der Waals surface area contributed by atoms with Gasteiger partial charge in [0.1, 0.15) is 4.99 Å². The lowest BCUT2D eigenvalue weighted by Gasteiger charge is -2.18. The third-order valence-electron chi connectivity index (χ3n) is 3.69. The second-order valence-electron chi connectivity index (χ2n) is 5.30. The summed E-state index contributed by atoms with van der Waals surface area (Å²) in [6.07, 6.45) is 5.02. The van der Waals surface area contributed by atoms with Gasteiger partial charge in [-0.25, -0.2) is 0 Å². The summed E-state index contributed by atoms with van der Waals surface area (Å²) < 4.78 is 0. The molecule has 23 heavy (non-hydrogen) atoms. The molecular weight excluding hydrogens is 308 g/mol. The highest BCUT2D eigenvalue weighted by atomic mass is 32.1. The normalized spacial score (nSPS) is 10.3. The summed E-state index contributed by atoms with van der Waals surface area (Å²) in [5.41, 5.74) is 16.0. The van der Waals surface area contributed by atoms with Crippen molar-refractivity contribution in [3.05, 3.63) is 52.8 Å². The summed E-state index contributed by atoms with van der Waals surface area (Å²) in [7, 11) is 0. The van der Waals surface area contributed by atoms with Crippen molar-refractivity contribution in [1.29, 1.82) is 0 Å². The number of primary amides is 1. The van der Waals surface area contributed by atoms with E-state index in [0.717, 1.165) is 29.7 Å². The number of amides is 1. The van der Waals surface area contributed by atoms with Crippen LogP contribution in [0.15, 0.2) is 30.6 Å². The van der Waals surface area contributed by atoms with E-state index in [2.05, 4.69) is 17.2 Å². The molecule has 6 heteroatoms. The van der Waals surface area contributed by atoms with E-state index in [1.54, 1.807) is 24.5 Å². The van der Waals surface area contributed by atoms with Crippen molar-refractivity contribution in [1.82, 2.24) is 4.98 Å². The molecule has 2 aromatic rings. The van der Waals surface area contributed by atoms with Crippen molar-refractivity contribution in [2.45, 2.75) is 26.7 Å². The fraction of sp³-hybridized carbons (Fsp3) is 0.235. The van der Waals surface area contributed by atoms with Crippen LogP contribution in [0.1, 0.15) is 40.4 Å². The Labute approximate surface area is 141 Å². The van der Waals surface area contributed by atoms with E-state index in [9.17, 15) is 4.79 Å². The number of nitrogens with one attached hydrogen (secondary N) is 1. The fourth-order valence-electron chi connectivity index (χ4n) is 2.51. The van der Waals surface area contributed by atoms with Crippen LogP contribution >= 0.6 is 12.2 Å². The Morgan fingerprint density at radius 3 is 2.70 bits per heavy atom. The first-order valence-corrected chi connectivity index (χ1v) is 7.79. The van der Waals surface area contributed by atoms with Gasteiger partial charge in [0.15, 0.2) is 0 Å².